The van der Waals surface area contributed by atoms with Crippen LogP contribution in [0.2, 0.25) is 0 Å². The van der Waals surface area contributed by atoms with E-state index in [4.69, 9.17) is 9.47 Å². The summed E-state index contributed by atoms with van der Waals surface area (Å²) in [6, 6.07) is 12.2. The van der Waals surface area contributed by atoms with Gasteiger partial charge in [-0.15, -0.1) is 0 Å². The van der Waals surface area contributed by atoms with E-state index in [1.165, 1.54) is 11.3 Å². The van der Waals surface area contributed by atoms with Crippen molar-refractivity contribution in [2.24, 2.45) is 4.99 Å². The Kier molecular flexibility index (Phi) is 5.97. The minimum Gasteiger partial charge on any atom is -0.497 e. The Morgan fingerprint density at radius 1 is 1.10 bits per heavy atom. The van der Waals surface area contributed by atoms with Crippen molar-refractivity contribution < 1.29 is 23.9 Å². The molecule has 2 aromatic carbocycles. The molecule has 0 radical (unpaired) electrons. The van der Waals surface area contributed by atoms with Crippen LogP contribution in [0.3, 0.4) is 0 Å². The maximum atomic E-state index is 12.7. The van der Waals surface area contributed by atoms with Crippen LogP contribution in [0.1, 0.15) is 27.6 Å². The summed E-state index contributed by atoms with van der Waals surface area (Å²) in [5, 5.41) is 0. The van der Waals surface area contributed by atoms with Crippen LogP contribution >= 0.6 is 11.3 Å². The van der Waals surface area contributed by atoms with E-state index in [0.717, 1.165) is 15.1 Å². The summed E-state index contributed by atoms with van der Waals surface area (Å²) in [4.78, 5) is 43.4. The lowest BCUT2D eigenvalue weighted by atomic mass is 10.1. The third-order valence-corrected chi connectivity index (χ3v) is 5.99. The van der Waals surface area contributed by atoms with Crippen LogP contribution in [0.15, 0.2) is 47.5 Å². The van der Waals surface area contributed by atoms with Gasteiger partial charge >= 0.3 is 0 Å². The number of hydrogen-bond donors (Lipinski definition) is 0. The average Bonchev–Trinajstić information content (AvgIpc) is 3.23. The van der Waals surface area contributed by atoms with E-state index in [1.807, 2.05) is 29.7 Å². The van der Waals surface area contributed by atoms with Gasteiger partial charge in [-0.2, -0.15) is 4.99 Å². The van der Waals surface area contributed by atoms with Gasteiger partial charge in [0, 0.05) is 13.2 Å². The molecule has 0 saturated heterocycles. The Hall–Kier alpha value is -3.30. The molecule has 31 heavy (non-hydrogen) atoms. The molecule has 0 fully saturated rings. The highest BCUT2D eigenvalue weighted by atomic mass is 32.1. The van der Waals surface area contributed by atoms with Crippen LogP contribution < -0.4 is 9.54 Å². The van der Waals surface area contributed by atoms with Gasteiger partial charge in [-0.3, -0.25) is 19.3 Å². The quantitative estimate of drug-likeness (QED) is 0.417. The fourth-order valence-corrected chi connectivity index (χ4v) is 4.54. The van der Waals surface area contributed by atoms with Gasteiger partial charge in [-0.1, -0.05) is 23.5 Å². The van der Waals surface area contributed by atoms with Crippen molar-refractivity contribution >= 4 is 39.3 Å². The van der Waals surface area contributed by atoms with E-state index in [-0.39, 0.29) is 0 Å². The molecule has 0 spiro atoms. The summed E-state index contributed by atoms with van der Waals surface area (Å²) in [6.07, 6.45) is 0. The molecular formula is C22H21N3O5S. The molecule has 1 aliphatic rings. The molecule has 1 aliphatic heterocycles. The number of carbonyl (C=O) groups excluding carboxylic acids is 3. The van der Waals surface area contributed by atoms with E-state index >= 15 is 0 Å². The minimum atomic E-state index is -0.571. The van der Waals surface area contributed by atoms with Crippen LogP contribution in [-0.2, 0) is 16.1 Å². The van der Waals surface area contributed by atoms with Crippen LogP contribution in [0.4, 0.5) is 0 Å². The van der Waals surface area contributed by atoms with Gasteiger partial charge in [-0.05, 0) is 37.3 Å². The zero-order chi connectivity index (χ0) is 22.0. The number of methoxy groups -OCH3 is 1. The predicted molar refractivity (Wildman–Crippen MR) is 115 cm³/mol. The lowest BCUT2D eigenvalue weighted by Gasteiger charge is -2.10. The summed E-state index contributed by atoms with van der Waals surface area (Å²) in [6.45, 7) is 3.07. The average molecular weight is 439 g/mol. The number of thiazole rings is 1. The molecule has 0 aliphatic carbocycles. The second-order valence-electron chi connectivity index (χ2n) is 6.81. The lowest BCUT2D eigenvalue weighted by molar-refractivity contribution is -0.118. The monoisotopic (exact) mass is 439 g/mol. The number of ether oxygens (including phenoxy) is 2. The van der Waals surface area contributed by atoms with Crippen LogP contribution in [-0.4, -0.2) is 54.1 Å². The highest BCUT2D eigenvalue weighted by Gasteiger charge is 2.36. The third-order valence-electron chi connectivity index (χ3n) is 4.95. The molecule has 2 heterocycles. The van der Waals surface area contributed by atoms with Crippen molar-refractivity contribution in [2.75, 3.05) is 26.9 Å². The van der Waals surface area contributed by atoms with Crippen molar-refractivity contribution in [3.8, 4) is 5.75 Å². The summed E-state index contributed by atoms with van der Waals surface area (Å²) in [7, 11) is 1.59. The van der Waals surface area contributed by atoms with Gasteiger partial charge in [0.25, 0.3) is 17.7 Å². The Labute approximate surface area is 182 Å². The molecule has 4 rings (SSSR count). The molecule has 0 N–H and O–H groups in total. The van der Waals surface area contributed by atoms with Crippen LogP contribution in [0.25, 0.3) is 10.2 Å². The Bertz CT molecular complexity index is 1210. The van der Waals surface area contributed by atoms with E-state index in [1.54, 1.807) is 31.4 Å². The van der Waals surface area contributed by atoms with Gasteiger partial charge in [-0.25, -0.2) is 0 Å². The Balaban J connectivity index is 1.65. The number of carbonyl (C=O) groups is 3. The number of rotatable bonds is 7. The minimum absolute atomic E-state index is 0.307. The van der Waals surface area contributed by atoms with Gasteiger partial charge in [0.2, 0.25) is 0 Å². The zero-order valence-electron chi connectivity index (χ0n) is 17.2. The molecule has 1 aromatic heterocycles. The smallest absolute Gasteiger partial charge is 0.268 e. The topological polar surface area (TPSA) is 90.2 Å². The molecule has 3 aromatic rings. The Morgan fingerprint density at radius 2 is 1.81 bits per heavy atom. The largest absolute Gasteiger partial charge is 0.497 e. The lowest BCUT2D eigenvalue weighted by Crippen LogP contribution is -2.35. The third kappa shape index (κ3) is 4.01. The molecule has 3 amide bonds. The number of nitrogens with zero attached hydrogens (tertiary/aromatic N) is 3. The summed E-state index contributed by atoms with van der Waals surface area (Å²) in [5.41, 5.74) is 1.51. The summed E-state index contributed by atoms with van der Waals surface area (Å²) < 4.78 is 13.6. The number of fused-ring (bicyclic) bond motifs is 2. The van der Waals surface area contributed by atoms with E-state index in [0.29, 0.717) is 41.4 Å². The second-order valence-corrected chi connectivity index (χ2v) is 7.82. The van der Waals surface area contributed by atoms with E-state index in [2.05, 4.69) is 4.99 Å². The number of amides is 3. The number of benzene rings is 2. The fraction of sp³-hybridized carbons (Fsp3) is 0.273. The van der Waals surface area contributed by atoms with Crippen LogP contribution in [0, 0.1) is 0 Å². The first-order valence-electron chi connectivity index (χ1n) is 9.81. The molecule has 0 unspecified atom stereocenters. The molecule has 0 atom stereocenters. The molecule has 8 nitrogen and oxygen atoms in total. The number of hydrogen-bond acceptors (Lipinski definition) is 6. The van der Waals surface area contributed by atoms with Gasteiger partial charge in [0.05, 0.1) is 35.1 Å². The first kappa shape index (κ1) is 21.0. The molecule has 9 heteroatoms. The van der Waals surface area contributed by atoms with Gasteiger partial charge in [0.1, 0.15) is 12.3 Å². The summed E-state index contributed by atoms with van der Waals surface area (Å²) in [5.74, 6) is -0.823. The number of imide groups is 1. The standard InChI is InChI=1S/C22H21N3O5S/c1-3-30-11-10-24-17-9-8-14(29-2)12-18(17)31-22(24)23-19(26)13-25-20(27)15-6-4-5-7-16(15)21(25)28/h4-9,12H,3,10-11,13H2,1-2H3. The van der Waals surface area contributed by atoms with Crippen LogP contribution in [0.5, 0.6) is 5.75 Å². The van der Waals surface area contributed by atoms with Crippen molar-refractivity contribution in [2.45, 2.75) is 13.5 Å². The van der Waals surface area contributed by atoms with E-state index in [9.17, 15) is 14.4 Å². The highest BCUT2D eigenvalue weighted by Crippen LogP contribution is 2.24. The predicted octanol–water partition coefficient (Wildman–Crippen LogP) is 2.47. The first-order valence-corrected chi connectivity index (χ1v) is 10.6. The normalized spacial score (nSPS) is 13.9. The zero-order valence-corrected chi connectivity index (χ0v) is 18.0. The van der Waals surface area contributed by atoms with Crippen molar-refractivity contribution in [3.63, 3.8) is 0 Å². The fourth-order valence-electron chi connectivity index (χ4n) is 3.44. The number of aromatic nitrogens is 1. The van der Waals surface area contributed by atoms with Gasteiger partial charge in [0.15, 0.2) is 4.80 Å². The molecule has 160 valence electrons. The molecular weight excluding hydrogens is 418 g/mol. The molecule has 0 saturated carbocycles. The SMILES string of the molecule is CCOCCn1c(=NC(=O)CN2C(=O)c3ccccc3C2=O)sc2cc(OC)ccc21. The second kappa shape index (κ2) is 8.83. The molecule has 0 bridgehead atoms. The van der Waals surface area contributed by atoms with Crippen molar-refractivity contribution in [3.05, 3.63) is 58.4 Å². The van der Waals surface area contributed by atoms with Crippen molar-refractivity contribution in [1.82, 2.24) is 9.47 Å². The Morgan fingerprint density at radius 3 is 2.45 bits per heavy atom. The van der Waals surface area contributed by atoms with Gasteiger partial charge < -0.3 is 14.0 Å². The first-order chi connectivity index (χ1) is 15.0. The highest BCUT2D eigenvalue weighted by molar-refractivity contribution is 7.16. The van der Waals surface area contributed by atoms with Crippen molar-refractivity contribution in [1.29, 1.82) is 0 Å². The summed E-state index contributed by atoms with van der Waals surface area (Å²) >= 11 is 1.34. The maximum absolute atomic E-state index is 12.7. The van der Waals surface area contributed by atoms with E-state index < -0.39 is 24.3 Å². The maximum Gasteiger partial charge on any atom is 0.268 e.